The van der Waals surface area contributed by atoms with Gasteiger partial charge in [-0.1, -0.05) is 38.5 Å². The third-order valence-electron chi connectivity index (χ3n) is 4.53. The van der Waals surface area contributed by atoms with Gasteiger partial charge in [0.25, 0.3) is 0 Å². The highest BCUT2D eigenvalue weighted by molar-refractivity contribution is 8.00. The van der Waals surface area contributed by atoms with Crippen molar-refractivity contribution in [3.8, 4) is 0 Å². The van der Waals surface area contributed by atoms with Gasteiger partial charge in [-0.15, -0.1) is 23.5 Å². The first-order chi connectivity index (χ1) is 9.90. The fourth-order valence-electron chi connectivity index (χ4n) is 3.35. The van der Waals surface area contributed by atoms with Crippen molar-refractivity contribution in [2.75, 3.05) is 0 Å². The third kappa shape index (κ3) is 4.46. The standard InChI is InChI=1S/C18H26S2/c1-3-7-15(8-4-1)19-17-11-13-18(14-12-17)20-16-9-5-2-6-10-16/h11-16H,1-10H2. The highest BCUT2D eigenvalue weighted by atomic mass is 32.2. The summed E-state index contributed by atoms with van der Waals surface area (Å²) < 4.78 is 0. The Balaban J connectivity index is 1.51. The molecule has 2 saturated carbocycles. The zero-order valence-corrected chi connectivity index (χ0v) is 14.0. The topological polar surface area (TPSA) is 0 Å². The molecule has 2 aliphatic carbocycles. The molecular formula is C18H26S2. The summed E-state index contributed by atoms with van der Waals surface area (Å²) in [6.07, 6.45) is 14.3. The third-order valence-corrected chi connectivity index (χ3v) is 7.23. The van der Waals surface area contributed by atoms with Crippen LogP contribution in [-0.2, 0) is 0 Å². The van der Waals surface area contributed by atoms with Gasteiger partial charge in [-0.25, -0.2) is 0 Å². The minimum atomic E-state index is 0.876. The lowest BCUT2D eigenvalue weighted by Gasteiger charge is -2.22. The zero-order valence-electron chi connectivity index (χ0n) is 12.4. The monoisotopic (exact) mass is 306 g/mol. The number of hydrogen-bond donors (Lipinski definition) is 0. The van der Waals surface area contributed by atoms with Gasteiger partial charge in [-0.3, -0.25) is 0 Å². The van der Waals surface area contributed by atoms with Crippen LogP contribution >= 0.6 is 23.5 Å². The summed E-state index contributed by atoms with van der Waals surface area (Å²) >= 11 is 4.22. The lowest BCUT2D eigenvalue weighted by molar-refractivity contribution is 0.516. The quantitative estimate of drug-likeness (QED) is 0.619. The molecule has 3 rings (SSSR count). The summed E-state index contributed by atoms with van der Waals surface area (Å²) in [6.45, 7) is 0. The summed E-state index contributed by atoms with van der Waals surface area (Å²) in [7, 11) is 0. The van der Waals surface area contributed by atoms with Gasteiger partial charge in [0.1, 0.15) is 0 Å². The van der Waals surface area contributed by atoms with Crippen molar-refractivity contribution in [2.45, 2.75) is 84.5 Å². The summed E-state index contributed by atoms with van der Waals surface area (Å²) in [5.74, 6) is 0. The minimum Gasteiger partial charge on any atom is -0.123 e. The predicted molar refractivity (Wildman–Crippen MR) is 91.9 cm³/mol. The molecule has 0 aliphatic heterocycles. The van der Waals surface area contributed by atoms with Crippen LogP contribution in [0.4, 0.5) is 0 Å². The smallest absolute Gasteiger partial charge is 0.00944 e. The second kappa shape index (κ2) is 7.79. The van der Waals surface area contributed by atoms with Crippen LogP contribution in [0.15, 0.2) is 34.1 Å². The van der Waals surface area contributed by atoms with Crippen LogP contribution in [-0.4, -0.2) is 10.5 Å². The van der Waals surface area contributed by atoms with E-state index < -0.39 is 0 Å². The van der Waals surface area contributed by atoms with E-state index >= 15 is 0 Å². The van der Waals surface area contributed by atoms with Crippen molar-refractivity contribution in [3.05, 3.63) is 24.3 Å². The SMILES string of the molecule is c1cc(SC2CCCCC2)ccc1SC1CCCCC1. The molecule has 0 heterocycles. The van der Waals surface area contributed by atoms with E-state index in [0.29, 0.717) is 0 Å². The highest BCUT2D eigenvalue weighted by Gasteiger charge is 2.16. The summed E-state index contributed by atoms with van der Waals surface area (Å²) in [5.41, 5.74) is 0. The Kier molecular flexibility index (Phi) is 5.78. The average Bonchev–Trinajstić information content (AvgIpc) is 2.51. The largest absolute Gasteiger partial charge is 0.123 e. The van der Waals surface area contributed by atoms with E-state index in [-0.39, 0.29) is 0 Å². The Morgan fingerprint density at radius 3 is 1.25 bits per heavy atom. The van der Waals surface area contributed by atoms with Gasteiger partial charge in [0.15, 0.2) is 0 Å². The van der Waals surface area contributed by atoms with Crippen molar-refractivity contribution >= 4 is 23.5 Å². The molecule has 110 valence electrons. The molecule has 0 radical (unpaired) electrons. The van der Waals surface area contributed by atoms with Gasteiger partial charge in [0, 0.05) is 20.3 Å². The second-order valence-corrected chi connectivity index (χ2v) is 8.97. The Morgan fingerprint density at radius 1 is 0.550 bits per heavy atom. The Morgan fingerprint density at radius 2 is 0.900 bits per heavy atom. The van der Waals surface area contributed by atoms with Gasteiger partial charge in [0.2, 0.25) is 0 Å². The van der Waals surface area contributed by atoms with Crippen LogP contribution in [0.1, 0.15) is 64.2 Å². The average molecular weight is 307 g/mol. The van der Waals surface area contributed by atoms with E-state index in [1.165, 1.54) is 74.0 Å². The molecular weight excluding hydrogens is 280 g/mol. The molecule has 0 atom stereocenters. The maximum absolute atomic E-state index is 2.35. The molecule has 0 unspecified atom stereocenters. The van der Waals surface area contributed by atoms with E-state index in [1.54, 1.807) is 0 Å². The number of hydrogen-bond acceptors (Lipinski definition) is 2. The molecule has 20 heavy (non-hydrogen) atoms. The second-order valence-electron chi connectivity index (χ2n) is 6.23. The summed E-state index contributed by atoms with van der Waals surface area (Å²) in [6, 6.07) is 9.41. The van der Waals surface area contributed by atoms with Gasteiger partial charge in [0.05, 0.1) is 0 Å². The van der Waals surface area contributed by atoms with Crippen LogP contribution in [0.5, 0.6) is 0 Å². The minimum absolute atomic E-state index is 0.876. The van der Waals surface area contributed by atoms with E-state index in [9.17, 15) is 0 Å². The number of thioether (sulfide) groups is 2. The molecule has 1 aromatic rings. The van der Waals surface area contributed by atoms with Gasteiger partial charge >= 0.3 is 0 Å². The summed E-state index contributed by atoms with van der Waals surface area (Å²) in [4.78, 5) is 2.95. The lowest BCUT2D eigenvalue weighted by Crippen LogP contribution is -2.08. The molecule has 0 bridgehead atoms. The van der Waals surface area contributed by atoms with Gasteiger partial charge < -0.3 is 0 Å². The number of benzene rings is 1. The fraction of sp³-hybridized carbons (Fsp3) is 0.667. The van der Waals surface area contributed by atoms with Gasteiger partial charge in [-0.05, 0) is 49.9 Å². The molecule has 0 aromatic heterocycles. The normalized spacial score (nSPS) is 22.0. The van der Waals surface area contributed by atoms with Crippen molar-refractivity contribution in [2.24, 2.45) is 0 Å². The maximum atomic E-state index is 2.35. The van der Waals surface area contributed by atoms with E-state index in [4.69, 9.17) is 0 Å². The first-order valence-corrected chi connectivity index (χ1v) is 10.1. The van der Waals surface area contributed by atoms with Crippen LogP contribution in [0.3, 0.4) is 0 Å². The Hall–Kier alpha value is -0.0800. The Bertz CT molecular complexity index is 347. The molecule has 0 N–H and O–H groups in total. The molecule has 2 aliphatic rings. The lowest BCUT2D eigenvalue weighted by atomic mass is 10.0. The Labute approximate surface area is 132 Å². The number of rotatable bonds is 4. The van der Waals surface area contributed by atoms with Gasteiger partial charge in [-0.2, -0.15) is 0 Å². The van der Waals surface area contributed by atoms with Crippen LogP contribution in [0.2, 0.25) is 0 Å². The molecule has 0 amide bonds. The first kappa shape index (κ1) is 14.8. The van der Waals surface area contributed by atoms with Crippen molar-refractivity contribution in [3.63, 3.8) is 0 Å². The van der Waals surface area contributed by atoms with Crippen LogP contribution in [0, 0.1) is 0 Å². The first-order valence-electron chi connectivity index (χ1n) is 8.33. The fourth-order valence-corrected chi connectivity index (χ4v) is 5.84. The van der Waals surface area contributed by atoms with Crippen LogP contribution in [0.25, 0.3) is 0 Å². The predicted octanol–water partition coefficient (Wildman–Crippen LogP) is 6.54. The molecule has 0 saturated heterocycles. The van der Waals surface area contributed by atoms with E-state index in [0.717, 1.165) is 10.5 Å². The van der Waals surface area contributed by atoms with Crippen molar-refractivity contribution < 1.29 is 0 Å². The molecule has 2 heteroatoms. The van der Waals surface area contributed by atoms with Crippen molar-refractivity contribution in [1.82, 2.24) is 0 Å². The van der Waals surface area contributed by atoms with E-state index in [1.807, 2.05) is 0 Å². The molecule has 1 aromatic carbocycles. The molecule has 2 fully saturated rings. The van der Waals surface area contributed by atoms with Crippen LogP contribution < -0.4 is 0 Å². The van der Waals surface area contributed by atoms with E-state index in [2.05, 4.69) is 47.8 Å². The summed E-state index contributed by atoms with van der Waals surface area (Å²) in [5, 5.41) is 1.75. The van der Waals surface area contributed by atoms with Crippen molar-refractivity contribution in [1.29, 1.82) is 0 Å². The highest BCUT2D eigenvalue weighted by Crippen LogP contribution is 2.36. The maximum Gasteiger partial charge on any atom is 0.00944 e. The zero-order chi connectivity index (χ0) is 13.6. The molecule has 0 nitrogen and oxygen atoms in total. The molecule has 0 spiro atoms.